The minimum Gasteiger partial charge on any atom is -0.434 e. The first-order valence-electron chi connectivity index (χ1n) is 10.6. The lowest BCUT2D eigenvalue weighted by atomic mass is 9.93. The molecule has 0 fully saturated rings. The van der Waals surface area contributed by atoms with Gasteiger partial charge < -0.3 is 9.47 Å². The summed E-state index contributed by atoms with van der Waals surface area (Å²) in [5.41, 5.74) is 5.29. The number of ether oxygens (including phenoxy) is 2. The van der Waals surface area contributed by atoms with E-state index in [0.29, 0.717) is 25.0 Å². The molecule has 1 atom stereocenters. The van der Waals surface area contributed by atoms with Crippen LogP contribution in [0, 0.1) is 0 Å². The quantitative estimate of drug-likeness (QED) is 0.334. The molecule has 170 valence electrons. The molecule has 0 N–H and O–H groups in total. The average Bonchev–Trinajstić information content (AvgIpc) is 3.19. The smallest absolute Gasteiger partial charge is 0.387 e. The van der Waals surface area contributed by atoms with E-state index >= 15 is 0 Å². The van der Waals surface area contributed by atoms with Crippen molar-refractivity contribution in [1.29, 1.82) is 0 Å². The van der Waals surface area contributed by atoms with Crippen LogP contribution < -0.4 is 4.74 Å². The number of hydrogen-bond donors (Lipinski definition) is 0. The Bertz CT molecular complexity index is 1050. The summed E-state index contributed by atoms with van der Waals surface area (Å²) in [6.07, 6.45) is 12.0. The molecule has 2 aliphatic heterocycles. The second-order valence-corrected chi connectivity index (χ2v) is 7.43. The van der Waals surface area contributed by atoms with Crippen LogP contribution in [0.3, 0.4) is 0 Å². The minimum absolute atomic E-state index is 0. The van der Waals surface area contributed by atoms with Gasteiger partial charge in [-0.1, -0.05) is 42.5 Å². The first-order valence-corrected chi connectivity index (χ1v) is 10.6. The van der Waals surface area contributed by atoms with Crippen LogP contribution in [0.4, 0.5) is 8.78 Å². The largest absolute Gasteiger partial charge is 0.434 e. The molecular formula is C26H29F2NO3. The van der Waals surface area contributed by atoms with Crippen LogP contribution in [0.25, 0.3) is 0 Å². The number of carbonyl (C=O) groups is 1. The number of aliphatic imine (C=N–C) groups is 1. The van der Waals surface area contributed by atoms with Gasteiger partial charge in [-0.25, -0.2) is 0 Å². The fraction of sp³-hybridized carbons (Fsp3) is 0.308. The molecule has 0 spiro atoms. The van der Waals surface area contributed by atoms with E-state index in [1.165, 1.54) is 13.0 Å². The molecule has 1 aromatic carbocycles. The van der Waals surface area contributed by atoms with E-state index in [4.69, 9.17) is 14.5 Å². The summed E-state index contributed by atoms with van der Waals surface area (Å²) >= 11 is 0. The number of ketones is 1. The molecule has 2 heterocycles. The van der Waals surface area contributed by atoms with Crippen LogP contribution in [0.1, 0.15) is 46.7 Å². The predicted molar refractivity (Wildman–Crippen MR) is 124 cm³/mol. The topological polar surface area (TPSA) is 47.9 Å². The summed E-state index contributed by atoms with van der Waals surface area (Å²) in [5.74, 6) is 0.111. The summed E-state index contributed by atoms with van der Waals surface area (Å²) in [5, 5.41) is 0. The third kappa shape index (κ3) is 5.77. The number of halogens is 2. The lowest BCUT2D eigenvalue weighted by Gasteiger charge is -2.26. The maximum atomic E-state index is 12.9. The van der Waals surface area contributed by atoms with E-state index in [9.17, 15) is 13.6 Å². The van der Waals surface area contributed by atoms with Crippen molar-refractivity contribution in [2.24, 2.45) is 4.99 Å². The van der Waals surface area contributed by atoms with Gasteiger partial charge in [-0.15, -0.1) is 0 Å². The number of carbonyl (C=O) groups excluding carboxylic acids is 1. The van der Waals surface area contributed by atoms with Crippen LogP contribution >= 0.6 is 0 Å². The highest BCUT2D eigenvalue weighted by Crippen LogP contribution is 2.42. The first kappa shape index (κ1) is 23.5. The second-order valence-electron chi connectivity index (χ2n) is 7.43. The number of benzene rings is 1. The lowest BCUT2D eigenvalue weighted by molar-refractivity contribution is -0.112. The highest BCUT2D eigenvalue weighted by atomic mass is 19.3. The van der Waals surface area contributed by atoms with E-state index in [0.717, 1.165) is 28.1 Å². The fourth-order valence-corrected chi connectivity index (χ4v) is 3.80. The Morgan fingerprint density at radius 1 is 1.19 bits per heavy atom. The van der Waals surface area contributed by atoms with Gasteiger partial charge in [-0.05, 0) is 55.7 Å². The molecule has 2 aliphatic rings. The van der Waals surface area contributed by atoms with Crippen molar-refractivity contribution < 1.29 is 24.5 Å². The van der Waals surface area contributed by atoms with Crippen molar-refractivity contribution >= 4 is 11.5 Å². The molecule has 4 nitrogen and oxygen atoms in total. The van der Waals surface area contributed by atoms with Gasteiger partial charge in [0, 0.05) is 31.2 Å². The third-order valence-corrected chi connectivity index (χ3v) is 5.29. The Morgan fingerprint density at radius 2 is 1.91 bits per heavy atom. The van der Waals surface area contributed by atoms with Crippen molar-refractivity contribution in [2.45, 2.75) is 46.3 Å². The first-order chi connectivity index (χ1) is 15.4. The number of allylic oxidation sites excluding steroid dienone is 8. The Hall–Kier alpha value is -3.12. The summed E-state index contributed by atoms with van der Waals surface area (Å²) in [4.78, 5) is 16.0. The van der Waals surface area contributed by atoms with Crippen LogP contribution in [-0.4, -0.2) is 24.7 Å². The van der Waals surface area contributed by atoms with Crippen molar-refractivity contribution in [2.75, 3.05) is 6.61 Å². The number of nitrogens with zero attached hydrogens (tertiary/aromatic N) is 1. The second kappa shape index (κ2) is 11.0. The SMILES string of the molecule is C/C=C(\C=C/C(C)=O)C(/C=C\C1=NC2=C(C1)C(c1ccccc1OC(F)F)OCC2)=C/C.[HH]. The van der Waals surface area contributed by atoms with Gasteiger partial charge in [-0.2, -0.15) is 8.78 Å². The van der Waals surface area contributed by atoms with E-state index in [1.54, 1.807) is 30.4 Å². The average molecular weight is 442 g/mol. The van der Waals surface area contributed by atoms with Gasteiger partial charge in [0.2, 0.25) is 0 Å². The van der Waals surface area contributed by atoms with Crippen LogP contribution in [0.15, 0.2) is 88.1 Å². The summed E-state index contributed by atoms with van der Waals surface area (Å²) in [6, 6.07) is 6.73. The zero-order chi connectivity index (χ0) is 23.1. The molecule has 1 unspecified atom stereocenters. The Labute approximate surface area is 188 Å². The van der Waals surface area contributed by atoms with Crippen molar-refractivity contribution in [3.05, 3.63) is 88.7 Å². The maximum Gasteiger partial charge on any atom is 0.387 e. The monoisotopic (exact) mass is 441 g/mol. The van der Waals surface area contributed by atoms with Crippen LogP contribution in [0.5, 0.6) is 5.75 Å². The highest BCUT2D eigenvalue weighted by Gasteiger charge is 2.31. The molecule has 0 aliphatic carbocycles. The van der Waals surface area contributed by atoms with E-state index in [-0.39, 0.29) is 13.0 Å². The van der Waals surface area contributed by atoms with Gasteiger partial charge >= 0.3 is 6.61 Å². The van der Waals surface area contributed by atoms with Crippen molar-refractivity contribution in [1.82, 2.24) is 0 Å². The maximum absolute atomic E-state index is 12.9. The third-order valence-electron chi connectivity index (χ3n) is 5.29. The van der Waals surface area contributed by atoms with Gasteiger partial charge in [0.1, 0.15) is 11.9 Å². The Kier molecular flexibility index (Phi) is 8.06. The van der Waals surface area contributed by atoms with Gasteiger partial charge in [0.25, 0.3) is 0 Å². The zero-order valence-corrected chi connectivity index (χ0v) is 18.5. The zero-order valence-electron chi connectivity index (χ0n) is 18.5. The Balaban J connectivity index is 0.00000385. The van der Waals surface area contributed by atoms with E-state index < -0.39 is 12.7 Å². The van der Waals surface area contributed by atoms with Gasteiger partial charge in [0.05, 0.1) is 6.61 Å². The molecule has 0 saturated carbocycles. The van der Waals surface area contributed by atoms with Gasteiger partial charge in [-0.3, -0.25) is 9.79 Å². The minimum atomic E-state index is -2.90. The summed E-state index contributed by atoms with van der Waals surface area (Å²) < 4.78 is 36.4. The van der Waals surface area contributed by atoms with E-state index in [1.807, 2.05) is 38.2 Å². The molecule has 0 aromatic heterocycles. The standard InChI is InChI=1S/C26H27F2NO3.H2/c1-4-18(11-10-17(3)30)19(5-2)12-13-20-16-22-23(29-20)14-15-31-25(22)21-8-6-7-9-24(21)32-26(27)28;/h4-13,25-26H,14-16H2,1-3H3;1H/b11-10-,13-12-,18-4+,19-5+;. The Morgan fingerprint density at radius 3 is 2.59 bits per heavy atom. The summed E-state index contributed by atoms with van der Waals surface area (Å²) in [6.45, 7) is 2.94. The molecule has 0 amide bonds. The molecular weight excluding hydrogens is 412 g/mol. The van der Waals surface area contributed by atoms with Crippen molar-refractivity contribution in [3.63, 3.8) is 0 Å². The molecule has 3 rings (SSSR count). The van der Waals surface area contributed by atoms with Crippen LogP contribution in [0.2, 0.25) is 0 Å². The number of para-hydroxylation sites is 1. The molecule has 6 heteroatoms. The fourth-order valence-electron chi connectivity index (χ4n) is 3.80. The number of rotatable bonds is 8. The molecule has 32 heavy (non-hydrogen) atoms. The molecule has 0 bridgehead atoms. The predicted octanol–water partition coefficient (Wildman–Crippen LogP) is 6.69. The van der Waals surface area contributed by atoms with E-state index in [2.05, 4.69) is 0 Å². The van der Waals surface area contributed by atoms with Gasteiger partial charge in [0.15, 0.2) is 5.78 Å². The van der Waals surface area contributed by atoms with Crippen LogP contribution in [-0.2, 0) is 9.53 Å². The molecule has 0 radical (unpaired) electrons. The molecule has 1 aromatic rings. The molecule has 0 saturated heterocycles. The summed E-state index contributed by atoms with van der Waals surface area (Å²) in [7, 11) is 0. The number of hydrogen-bond acceptors (Lipinski definition) is 4. The lowest BCUT2D eigenvalue weighted by Crippen LogP contribution is -2.16. The normalized spacial score (nSPS) is 19.8. The highest BCUT2D eigenvalue weighted by molar-refractivity contribution is 6.00. The number of alkyl halides is 2. The van der Waals surface area contributed by atoms with Crippen molar-refractivity contribution in [3.8, 4) is 5.75 Å².